The number of piperidine rings is 2. The first-order valence-corrected chi connectivity index (χ1v) is 10.7. The second-order valence-electron chi connectivity index (χ2n) is 7.70. The van der Waals surface area contributed by atoms with E-state index in [1.54, 1.807) is 12.1 Å². The van der Waals surface area contributed by atoms with Gasteiger partial charge >= 0.3 is 6.03 Å². The minimum absolute atomic E-state index is 0.0115. The van der Waals surface area contributed by atoms with E-state index >= 15 is 0 Å². The third-order valence-electron chi connectivity index (χ3n) is 5.70. The second-order valence-corrected chi connectivity index (χ2v) is 8.54. The first-order chi connectivity index (χ1) is 14.0. The Labute approximate surface area is 180 Å². The highest BCUT2D eigenvalue weighted by molar-refractivity contribution is 6.35. The maximum absolute atomic E-state index is 12.9. The minimum atomic E-state index is -0.110. The summed E-state index contributed by atoms with van der Waals surface area (Å²) in [7, 11) is 0. The number of morpholine rings is 1. The van der Waals surface area contributed by atoms with Crippen LogP contribution in [0, 0.1) is 17.8 Å². The fraction of sp³-hybridized carbons (Fsp3) is 0.524. The van der Waals surface area contributed by atoms with Gasteiger partial charge in [-0.05, 0) is 37.5 Å². The van der Waals surface area contributed by atoms with Gasteiger partial charge in [-0.2, -0.15) is 0 Å². The minimum Gasteiger partial charge on any atom is -0.366 e. The van der Waals surface area contributed by atoms with Gasteiger partial charge in [0.05, 0.1) is 17.2 Å². The topological polar surface area (TPSA) is 61.9 Å². The summed E-state index contributed by atoms with van der Waals surface area (Å²) in [5, 5.41) is 4.09. The van der Waals surface area contributed by atoms with E-state index in [1.165, 1.54) is 0 Å². The van der Waals surface area contributed by atoms with Gasteiger partial charge in [0.25, 0.3) is 0 Å². The molecule has 3 aliphatic heterocycles. The maximum atomic E-state index is 12.9. The summed E-state index contributed by atoms with van der Waals surface area (Å²) in [5.41, 5.74) is 0.772. The molecule has 1 N–H and O–H groups in total. The highest BCUT2D eigenvalue weighted by atomic mass is 35.5. The number of likely N-dealkylation sites (tertiary alicyclic amines) is 2. The first-order valence-electron chi connectivity index (χ1n) is 9.91. The largest absolute Gasteiger partial charge is 0.366 e. The number of carbonyl (C=O) groups excluding carboxylic acids is 2. The van der Waals surface area contributed by atoms with Crippen LogP contribution >= 0.6 is 23.2 Å². The molecule has 3 fully saturated rings. The van der Waals surface area contributed by atoms with Gasteiger partial charge < -0.3 is 19.9 Å². The lowest BCUT2D eigenvalue weighted by Crippen LogP contribution is -2.62. The number of benzene rings is 1. The number of carbonyl (C=O) groups is 2. The van der Waals surface area contributed by atoms with Crippen molar-refractivity contribution in [2.24, 2.45) is 5.92 Å². The molecule has 0 aromatic heterocycles. The third-order valence-corrected chi connectivity index (χ3v) is 6.25. The number of halogens is 2. The molecule has 0 radical (unpaired) electrons. The lowest BCUT2D eigenvalue weighted by atomic mass is 9.97. The number of ether oxygens (including phenoxy) is 1. The predicted molar refractivity (Wildman–Crippen MR) is 111 cm³/mol. The van der Waals surface area contributed by atoms with Crippen molar-refractivity contribution in [1.82, 2.24) is 15.1 Å². The van der Waals surface area contributed by atoms with E-state index in [1.807, 2.05) is 15.9 Å². The van der Waals surface area contributed by atoms with E-state index in [9.17, 15) is 9.59 Å². The number of fused-ring (bicyclic) bond motifs is 1. The van der Waals surface area contributed by atoms with E-state index in [4.69, 9.17) is 27.9 Å². The van der Waals surface area contributed by atoms with Crippen LogP contribution in [0.4, 0.5) is 4.79 Å². The highest BCUT2D eigenvalue weighted by Crippen LogP contribution is 2.23. The number of nitrogens with zero attached hydrogens (tertiary/aromatic N) is 2. The van der Waals surface area contributed by atoms with Crippen LogP contribution in [0.1, 0.15) is 24.8 Å². The Kier molecular flexibility index (Phi) is 6.19. The lowest BCUT2D eigenvalue weighted by molar-refractivity contribution is -0.139. The molecule has 3 amide bonds. The highest BCUT2D eigenvalue weighted by Gasteiger charge is 2.37. The van der Waals surface area contributed by atoms with Gasteiger partial charge in [-0.1, -0.05) is 35.0 Å². The molecule has 4 rings (SSSR count). The van der Waals surface area contributed by atoms with Gasteiger partial charge in [-0.15, -0.1) is 0 Å². The van der Waals surface area contributed by atoms with E-state index < -0.39 is 0 Å². The van der Waals surface area contributed by atoms with Crippen molar-refractivity contribution >= 4 is 35.1 Å². The first kappa shape index (κ1) is 20.3. The van der Waals surface area contributed by atoms with E-state index in [-0.39, 0.29) is 36.6 Å². The molecule has 6 nitrogen and oxygen atoms in total. The van der Waals surface area contributed by atoms with Gasteiger partial charge in [0.1, 0.15) is 6.61 Å². The molecule has 8 heteroatoms. The molecular formula is C21H23Cl2N3O3. The normalized spacial score (nSPS) is 25.0. The van der Waals surface area contributed by atoms with Crippen LogP contribution in [-0.2, 0) is 9.53 Å². The van der Waals surface area contributed by atoms with Crippen LogP contribution in [0.3, 0.4) is 0 Å². The van der Waals surface area contributed by atoms with Crippen LogP contribution in [0.25, 0.3) is 0 Å². The molecule has 0 aliphatic carbocycles. The Morgan fingerprint density at radius 2 is 1.90 bits per heavy atom. The molecule has 29 heavy (non-hydrogen) atoms. The van der Waals surface area contributed by atoms with Gasteiger partial charge in [-0.25, -0.2) is 4.79 Å². The van der Waals surface area contributed by atoms with E-state index in [2.05, 4.69) is 17.2 Å². The Balaban J connectivity index is 1.30. The van der Waals surface area contributed by atoms with Crippen molar-refractivity contribution in [2.45, 2.75) is 31.4 Å². The maximum Gasteiger partial charge on any atom is 0.320 e. The third kappa shape index (κ3) is 4.80. The lowest BCUT2D eigenvalue weighted by Gasteiger charge is -2.43. The van der Waals surface area contributed by atoms with Crippen molar-refractivity contribution < 1.29 is 14.3 Å². The van der Waals surface area contributed by atoms with Crippen LogP contribution in [0.15, 0.2) is 18.2 Å². The molecular weight excluding hydrogens is 413 g/mol. The monoisotopic (exact) mass is 435 g/mol. The van der Waals surface area contributed by atoms with Crippen LogP contribution in [-0.4, -0.2) is 66.7 Å². The zero-order valence-electron chi connectivity index (χ0n) is 16.0. The average Bonchev–Trinajstić information content (AvgIpc) is 2.72. The Morgan fingerprint density at radius 1 is 1.14 bits per heavy atom. The Bertz CT molecular complexity index is 858. The number of rotatable bonds is 0. The summed E-state index contributed by atoms with van der Waals surface area (Å²) in [6.07, 6.45) is 2.44. The van der Waals surface area contributed by atoms with Crippen molar-refractivity contribution in [3.8, 4) is 11.8 Å². The van der Waals surface area contributed by atoms with Crippen molar-refractivity contribution in [2.75, 3.05) is 32.8 Å². The summed E-state index contributed by atoms with van der Waals surface area (Å²) >= 11 is 12.1. The second kappa shape index (κ2) is 8.83. The van der Waals surface area contributed by atoms with E-state index in [0.717, 1.165) is 24.8 Å². The van der Waals surface area contributed by atoms with Gasteiger partial charge in [0.15, 0.2) is 0 Å². The SMILES string of the molecule is O=C1CO[C@H]2CCN(C(=O)N3CCC(C#Cc4ccc(Cl)cc4Cl)CC3)C[C@H]2N1. The number of nitrogens with one attached hydrogen (secondary N) is 1. The molecule has 1 aromatic carbocycles. The number of amides is 3. The molecule has 1 aromatic rings. The Morgan fingerprint density at radius 3 is 2.66 bits per heavy atom. The molecule has 154 valence electrons. The van der Waals surface area contributed by atoms with Crippen molar-refractivity contribution in [1.29, 1.82) is 0 Å². The quantitative estimate of drug-likeness (QED) is 0.637. The fourth-order valence-corrected chi connectivity index (χ4v) is 4.52. The van der Waals surface area contributed by atoms with E-state index in [0.29, 0.717) is 36.2 Å². The van der Waals surface area contributed by atoms with Crippen LogP contribution in [0.5, 0.6) is 0 Å². The van der Waals surface area contributed by atoms with Gasteiger partial charge in [0.2, 0.25) is 5.91 Å². The zero-order valence-corrected chi connectivity index (χ0v) is 17.5. The average molecular weight is 436 g/mol. The smallest absolute Gasteiger partial charge is 0.320 e. The molecule has 3 aliphatic rings. The van der Waals surface area contributed by atoms with Gasteiger partial charge in [0, 0.05) is 42.7 Å². The van der Waals surface area contributed by atoms with Crippen LogP contribution < -0.4 is 5.32 Å². The fourth-order valence-electron chi connectivity index (χ4n) is 4.06. The standard InChI is InChI=1S/C21H23Cl2N3O3/c22-16-4-3-15(17(23)11-16)2-1-14-5-8-25(9-6-14)21(28)26-10-7-19-18(12-26)24-20(27)13-29-19/h3-4,11,14,18-19H,5-10,12-13H2,(H,24,27)/t18-,19+/m1/s1. The zero-order chi connectivity index (χ0) is 20.4. The van der Waals surface area contributed by atoms with Crippen molar-refractivity contribution in [3.05, 3.63) is 33.8 Å². The Hall–Kier alpha value is -1.94. The van der Waals surface area contributed by atoms with Crippen molar-refractivity contribution in [3.63, 3.8) is 0 Å². The molecule has 2 atom stereocenters. The molecule has 0 saturated carbocycles. The van der Waals surface area contributed by atoms with Crippen LogP contribution in [0.2, 0.25) is 10.0 Å². The summed E-state index contributed by atoms with van der Waals surface area (Å²) in [5.74, 6) is 6.56. The molecule has 0 bridgehead atoms. The molecule has 3 heterocycles. The number of urea groups is 1. The number of hydrogen-bond acceptors (Lipinski definition) is 3. The van der Waals surface area contributed by atoms with Gasteiger partial charge in [-0.3, -0.25) is 4.79 Å². The predicted octanol–water partition coefficient (Wildman–Crippen LogP) is 2.77. The molecule has 0 unspecified atom stereocenters. The number of hydrogen-bond donors (Lipinski definition) is 1. The summed E-state index contributed by atoms with van der Waals surface area (Å²) in [6.45, 7) is 2.64. The summed E-state index contributed by atoms with van der Waals surface area (Å²) in [6, 6.07) is 5.23. The summed E-state index contributed by atoms with van der Waals surface area (Å²) < 4.78 is 5.56. The summed E-state index contributed by atoms with van der Waals surface area (Å²) in [4.78, 5) is 28.2. The molecule has 3 saturated heterocycles. The molecule has 0 spiro atoms.